The number of aryl methyl sites for hydroxylation is 1. The topological polar surface area (TPSA) is 65.5 Å². The maximum Gasteiger partial charge on any atom is 0.230 e. The van der Waals surface area contributed by atoms with E-state index in [9.17, 15) is 9.90 Å². The predicted octanol–water partition coefficient (Wildman–Crippen LogP) is 3.67. The maximum absolute atomic E-state index is 12.7. The quantitative estimate of drug-likeness (QED) is 0.832. The molecule has 1 saturated carbocycles. The first-order valence-corrected chi connectivity index (χ1v) is 10.4. The van der Waals surface area contributed by atoms with Gasteiger partial charge >= 0.3 is 0 Å². The molecule has 148 valence electrons. The van der Waals surface area contributed by atoms with Crippen molar-refractivity contribution in [3.05, 3.63) is 59.4 Å². The van der Waals surface area contributed by atoms with Gasteiger partial charge in [0.05, 0.1) is 11.6 Å². The summed E-state index contributed by atoms with van der Waals surface area (Å²) in [6.45, 7) is 3.71. The van der Waals surface area contributed by atoms with Gasteiger partial charge in [0, 0.05) is 31.0 Å². The first-order chi connectivity index (χ1) is 13.6. The van der Waals surface area contributed by atoms with Gasteiger partial charge in [0.1, 0.15) is 6.10 Å². The van der Waals surface area contributed by atoms with Crippen molar-refractivity contribution in [2.45, 2.75) is 51.2 Å². The highest BCUT2D eigenvalue weighted by Crippen LogP contribution is 2.30. The summed E-state index contributed by atoms with van der Waals surface area (Å²) in [5.74, 6) is 0.144. The van der Waals surface area contributed by atoms with Crippen molar-refractivity contribution in [1.82, 2.24) is 9.88 Å². The molecule has 1 unspecified atom stereocenters. The number of aliphatic hydroxyl groups excluding tert-OH is 1. The first kappa shape index (κ1) is 19.1. The molecular weight excluding hydrogens is 350 g/mol. The van der Waals surface area contributed by atoms with Gasteiger partial charge in [0.25, 0.3) is 0 Å². The molecule has 2 aliphatic rings. The lowest BCUT2D eigenvalue weighted by atomic mass is 9.88. The summed E-state index contributed by atoms with van der Waals surface area (Å²) in [5.41, 5.74) is 3.10. The average molecular weight is 380 g/mol. The fourth-order valence-electron chi connectivity index (χ4n) is 4.31. The second-order valence-electron chi connectivity index (χ2n) is 8.16. The van der Waals surface area contributed by atoms with Crippen LogP contribution in [0.1, 0.15) is 55.0 Å². The zero-order valence-electron chi connectivity index (χ0n) is 16.5. The molecule has 1 aliphatic carbocycles. The highest BCUT2D eigenvalue weighted by Gasteiger charge is 2.37. The Morgan fingerprint density at radius 1 is 1.18 bits per heavy atom. The van der Waals surface area contributed by atoms with Gasteiger partial charge in [-0.2, -0.15) is 0 Å². The standard InChI is InChI=1S/C23H29N3O2/c1-16-10-11-17(22(27)20-9-5-6-12-24-20)13-21(16)25-23(28)18-14-26(15-18)19-7-3-2-4-8-19/h5-6,9-13,18-19,22,27H,2-4,7-8,14-15H2,1H3,(H,25,28). The highest BCUT2D eigenvalue weighted by atomic mass is 16.3. The number of likely N-dealkylation sites (tertiary alicyclic amines) is 1. The van der Waals surface area contributed by atoms with E-state index in [-0.39, 0.29) is 11.8 Å². The predicted molar refractivity (Wildman–Crippen MR) is 110 cm³/mol. The van der Waals surface area contributed by atoms with Crippen LogP contribution in [0.25, 0.3) is 0 Å². The zero-order valence-corrected chi connectivity index (χ0v) is 16.5. The van der Waals surface area contributed by atoms with E-state index in [1.165, 1.54) is 32.1 Å². The minimum absolute atomic E-state index is 0.0608. The van der Waals surface area contributed by atoms with E-state index >= 15 is 0 Å². The van der Waals surface area contributed by atoms with Crippen molar-refractivity contribution in [3.63, 3.8) is 0 Å². The van der Waals surface area contributed by atoms with E-state index in [4.69, 9.17) is 0 Å². The number of pyridine rings is 1. The van der Waals surface area contributed by atoms with Gasteiger partial charge in [0.2, 0.25) is 5.91 Å². The lowest BCUT2D eigenvalue weighted by Crippen LogP contribution is -2.56. The molecule has 2 fully saturated rings. The SMILES string of the molecule is Cc1ccc(C(O)c2ccccn2)cc1NC(=O)C1CN(C2CCCCC2)C1. The van der Waals surface area contributed by atoms with E-state index in [1.807, 2.05) is 37.3 Å². The van der Waals surface area contributed by atoms with Gasteiger partial charge < -0.3 is 10.4 Å². The maximum atomic E-state index is 12.7. The summed E-state index contributed by atoms with van der Waals surface area (Å²) in [6, 6.07) is 11.9. The molecule has 0 spiro atoms. The van der Waals surface area contributed by atoms with Crippen molar-refractivity contribution in [2.24, 2.45) is 5.92 Å². The molecule has 1 aromatic heterocycles. The Bertz CT molecular complexity index is 812. The molecule has 0 radical (unpaired) electrons. The van der Waals surface area contributed by atoms with Crippen LogP contribution >= 0.6 is 0 Å². The van der Waals surface area contributed by atoms with Crippen LogP contribution in [0.4, 0.5) is 5.69 Å². The fraction of sp³-hybridized carbons (Fsp3) is 0.478. The summed E-state index contributed by atoms with van der Waals surface area (Å²) in [7, 11) is 0. The molecule has 28 heavy (non-hydrogen) atoms. The number of carbonyl (C=O) groups excluding carboxylic acids is 1. The number of aliphatic hydroxyl groups is 1. The van der Waals surface area contributed by atoms with Crippen LogP contribution in [-0.4, -0.2) is 40.0 Å². The minimum atomic E-state index is -0.803. The number of anilines is 1. The van der Waals surface area contributed by atoms with Crippen molar-refractivity contribution < 1.29 is 9.90 Å². The van der Waals surface area contributed by atoms with Crippen molar-refractivity contribution in [3.8, 4) is 0 Å². The third kappa shape index (κ3) is 4.10. The van der Waals surface area contributed by atoms with Gasteiger partial charge in [-0.3, -0.25) is 14.7 Å². The summed E-state index contributed by atoms with van der Waals surface area (Å²) < 4.78 is 0. The van der Waals surface area contributed by atoms with Crippen LogP contribution in [0.5, 0.6) is 0 Å². The third-order valence-electron chi connectivity index (χ3n) is 6.17. The molecule has 1 saturated heterocycles. The van der Waals surface area contributed by atoms with Gasteiger partial charge in [-0.1, -0.05) is 37.5 Å². The molecule has 2 heterocycles. The van der Waals surface area contributed by atoms with Crippen LogP contribution in [-0.2, 0) is 4.79 Å². The molecule has 1 aliphatic heterocycles. The molecular formula is C23H29N3O2. The van der Waals surface area contributed by atoms with Gasteiger partial charge in [-0.15, -0.1) is 0 Å². The molecule has 4 rings (SSSR count). The molecule has 2 aromatic rings. The second kappa shape index (κ2) is 8.41. The second-order valence-corrected chi connectivity index (χ2v) is 8.16. The number of benzene rings is 1. The normalized spacial score (nSPS) is 19.8. The zero-order chi connectivity index (χ0) is 19.5. The van der Waals surface area contributed by atoms with Crippen LogP contribution in [0.3, 0.4) is 0 Å². The third-order valence-corrected chi connectivity index (χ3v) is 6.17. The Hall–Kier alpha value is -2.24. The number of hydrogen-bond donors (Lipinski definition) is 2. The van der Waals surface area contributed by atoms with Crippen LogP contribution in [0.2, 0.25) is 0 Å². The Labute approximate surface area is 166 Å². The summed E-state index contributed by atoms with van der Waals surface area (Å²) in [6.07, 6.45) is 7.42. The van der Waals surface area contributed by atoms with Crippen LogP contribution in [0, 0.1) is 12.8 Å². The van der Waals surface area contributed by atoms with E-state index in [0.29, 0.717) is 11.7 Å². The number of nitrogens with zero attached hydrogens (tertiary/aromatic N) is 2. The summed E-state index contributed by atoms with van der Waals surface area (Å²) in [5, 5.41) is 13.7. The van der Waals surface area contributed by atoms with Gasteiger partial charge in [-0.05, 0) is 49.1 Å². The van der Waals surface area contributed by atoms with Crippen LogP contribution < -0.4 is 5.32 Å². The van der Waals surface area contributed by atoms with E-state index in [1.54, 1.807) is 12.3 Å². The van der Waals surface area contributed by atoms with Crippen molar-refractivity contribution in [2.75, 3.05) is 18.4 Å². The van der Waals surface area contributed by atoms with Gasteiger partial charge in [0.15, 0.2) is 0 Å². The van der Waals surface area contributed by atoms with Gasteiger partial charge in [-0.25, -0.2) is 0 Å². The number of carbonyl (C=O) groups is 1. The molecule has 0 bridgehead atoms. The Morgan fingerprint density at radius 2 is 1.96 bits per heavy atom. The molecule has 5 heteroatoms. The molecule has 2 N–H and O–H groups in total. The number of hydrogen-bond acceptors (Lipinski definition) is 4. The largest absolute Gasteiger partial charge is 0.382 e. The average Bonchev–Trinajstić information content (AvgIpc) is 2.69. The number of rotatable bonds is 5. The summed E-state index contributed by atoms with van der Waals surface area (Å²) >= 11 is 0. The Morgan fingerprint density at radius 3 is 2.68 bits per heavy atom. The van der Waals surface area contributed by atoms with Crippen LogP contribution in [0.15, 0.2) is 42.6 Å². The molecule has 1 amide bonds. The summed E-state index contributed by atoms with van der Waals surface area (Å²) in [4.78, 5) is 19.4. The molecule has 5 nitrogen and oxygen atoms in total. The van der Waals surface area contributed by atoms with E-state index in [2.05, 4.69) is 15.2 Å². The van der Waals surface area contributed by atoms with Crippen molar-refractivity contribution in [1.29, 1.82) is 0 Å². The molecule has 1 aromatic carbocycles. The highest BCUT2D eigenvalue weighted by molar-refractivity contribution is 5.94. The first-order valence-electron chi connectivity index (χ1n) is 10.4. The minimum Gasteiger partial charge on any atom is -0.382 e. The number of amides is 1. The lowest BCUT2D eigenvalue weighted by molar-refractivity contribution is -0.126. The monoisotopic (exact) mass is 379 g/mol. The Kier molecular flexibility index (Phi) is 5.74. The smallest absolute Gasteiger partial charge is 0.230 e. The van der Waals surface area contributed by atoms with E-state index in [0.717, 1.165) is 29.9 Å². The number of aromatic nitrogens is 1. The fourth-order valence-corrected chi connectivity index (χ4v) is 4.31. The number of nitrogens with one attached hydrogen (secondary N) is 1. The molecule has 1 atom stereocenters. The van der Waals surface area contributed by atoms with E-state index < -0.39 is 6.10 Å². The van der Waals surface area contributed by atoms with Crippen molar-refractivity contribution >= 4 is 11.6 Å². The Balaban J connectivity index is 1.38. The lowest BCUT2D eigenvalue weighted by Gasteiger charge is -2.45.